The van der Waals surface area contributed by atoms with E-state index in [1.54, 1.807) is 7.05 Å². The Morgan fingerprint density at radius 1 is 1.65 bits per heavy atom. The molecule has 1 heterocycles. The molecule has 0 aliphatic rings. The van der Waals surface area contributed by atoms with E-state index in [1.807, 2.05) is 0 Å². The summed E-state index contributed by atoms with van der Waals surface area (Å²) >= 11 is 5.79. The van der Waals surface area contributed by atoms with Crippen LogP contribution in [0.2, 0.25) is 5.15 Å². The number of hydrogen-bond donors (Lipinski definition) is 0. The number of hydrogen-bond acceptors (Lipinski definition) is 5. The van der Waals surface area contributed by atoms with Crippen LogP contribution in [0, 0.1) is 0 Å². The molecule has 96 valence electrons. The molecule has 1 aromatic rings. The number of aryl methyl sites for hydroxylation is 1. The van der Waals surface area contributed by atoms with Crippen LogP contribution < -0.4 is 0 Å². The van der Waals surface area contributed by atoms with Crippen LogP contribution in [0.5, 0.6) is 0 Å². The highest BCUT2D eigenvalue weighted by Gasteiger charge is 2.28. The molecule has 0 atom stereocenters. The summed E-state index contributed by atoms with van der Waals surface area (Å²) < 4.78 is 30.5. The van der Waals surface area contributed by atoms with Crippen LogP contribution in [0.1, 0.15) is 0 Å². The molecule has 17 heavy (non-hydrogen) atoms. The van der Waals surface area contributed by atoms with E-state index in [1.165, 1.54) is 25.1 Å². The molecule has 0 saturated carbocycles. The third kappa shape index (κ3) is 2.76. The molecule has 0 unspecified atom stereocenters. The number of imidazole rings is 1. The lowest BCUT2D eigenvalue weighted by Gasteiger charge is -2.14. The second-order valence-corrected chi connectivity index (χ2v) is 5.61. The highest BCUT2D eigenvalue weighted by molar-refractivity contribution is 7.89. The Hall–Kier alpha value is -1.12. The first kappa shape index (κ1) is 13.9. The van der Waals surface area contributed by atoms with Crippen LogP contribution in [0.15, 0.2) is 11.4 Å². The van der Waals surface area contributed by atoms with E-state index in [9.17, 15) is 13.2 Å². The summed E-state index contributed by atoms with van der Waals surface area (Å²) in [5, 5.41) is -0.296. The monoisotopic (exact) mass is 281 g/mol. The Labute approximate surface area is 104 Å². The second-order valence-electron chi connectivity index (χ2n) is 3.29. The normalized spacial score (nSPS) is 11.8. The highest BCUT2D eigenvalue weighted by atomic mass is 35.5. The number of esters is 1. The van der Waals surface area contributed by atoms with Crippen molar-refractivity contribution in [2.45, 2.75) is 5.03 Å². The minimum absolute atomic E-state index is 0.0123. The first-order valence-corrected chi connectivity index (χ1v) is 6.32. The number of halogens is 1. The fourth-order valence-electron chi connectivity index (χ4n) is 1.05. The topological polar surface area (TPSA) is 81.5 Å². The molecule has 1 rings (SSSR count). The van der Waals surface area contributed by atoms with Gasteiger partial charge in [0.25, 0.3) is 10.0 Å². The van der Waals surface area contributed by atoms with Gasteiger partial charge in [-0.15, -0.1) is 0 Å². The predicted octanol–water partition coefficient (Wildman–Crippen LogP) is -0.133. The molecular weight excluding hydrogens is 270 g/mol. The number of carbonyl (C=O) groups is 1. The molecule has 0 aliphatic heterocycles. The standard InChI is InChI=1S/C8H12ClN3O4S/c1-11-5-10-8(7(11)9)17(14,15)12(2)4-6(13)16-3/h5H,4H2,1-3H3. The van der Waals surface area contributed by atoms with E-state index >= 15 is 0 Å². The maximum absolute atomic E-state index is 12.0. The second kappa shape index (κ2) is 5.03. The smallest absolute Gasteiger partial charge is 0.321 e. The van der Waals surface area contributed by atoms with Gasteiger partial charge in [0, 0.05) is 14.1 Å². The fraction of sp³-hybridized carbons (Fsp3) is 0.500. The number of likely N-dealkylation sites (N-methyl/N-ethyl adjacent to an activating group) is 1. The molecule has 0 aliphatic carbocycles. The summed E-state index contributed by atoms with van der Waals surface area (Å²) in [4.78, 5) is 14.7. The molecule has 0 amide bonds. The lowest BCUT2D eigenvalue weighted by Crippen LogP contribution is -2.33. The molecule has 0 bridgehead atoms. The van der Waals surface area contributed by atoms with E-state index in [4.69, 9.17) is 11.6 Å². The van der Waals surface area contributed by atoms with Gasteiger partial charge in [-0.25, -0.2) is 13.4 Å². The van der Waals surface area contributed by atoms with Crippen molar-refractivity contribution < 1.29 is 17.9 Å². The van der Waals surface area contributed by atoms with Crippen molar-refractivity contribution in [1.29, 1.82) is 0 Å². The van der Waals surface area contributed by atoms with Gasteiger partial charge in [0.05, 0.1) is 13.4 Å². The van der Waals surface area contributed by atoms with E-state index in [0.29, 0.717) is 0 Å². The van der Waals surface area contributed by atoms with E-state index in [0.717, 1.165) is 4.31 Å². The van der Waals surface area contributed by atoms with Gasteiger partial charge in [-0.1, -0.05) is 11.6 Å². The summed E-state index contributed by atoms with van der Waals surface area (Å²) in [6.45, 7) is -0.397. The first-order chi connectivity index (χ1) is 7.80. The molecule has 0 aromatic carbocycles. The zero-order valence-corrected chi connectivity index (χ0v) is 11.1. The lowest BCUT2D eigenvalue weighted by molar-refractivity contribution is -0.140. The van der Waals surface area contributed by atoms with E-state index < -0.39 is 22.5 Å². The Bertz CT molecular complexity index is 525. The van der Waals surface area contributed by atoms with Crippen molar-refractivity contribution in [2.24, 2.45) is 7.05 Å². The molecule has 0 spiro atoms. The minimum Gasteiger partial charge on any atom is -0.468 e. The van der Waals surface area contributed by atoms with Crippen LogP contribution in [0.25, 0.3) is 0 Å². The molecule has 0 radical (unpaired) electrons. The maximum atomic E-state index is 12.0. The average Bonchev–Trinajstić information content (AvgIpc) is 2.59. The minimum atomic E-state index is -3.89. The Morgan fingerprint density at radius 2 is 2.24 bits per heavy atom. The van der Waals surface area contributed by atoms with E-state index in [-0.39, 0.29) is 10.2 Å². The highest BCUT2D eigenvalue weighted by Crippen LogP contribution is 2.21. The number of sulfonamides is 1. The maximum Gasteiger partial charge on any atom is 0.321 e. The Balaban J connectivity index is 3.03. The van der Waals surface area contributed by atoms with Crippen LogP contribution in [0.3, 0.4) is 0 Å². The summed E-state index contributed by atoms with van der Waals surface area (Å²) in [5.41, 5.74) is 0. The Morgan fingerprint density at radius 3 is 2.65 bits per heavy atom. The van der Waals surface area contributed by atoms with Crippen molar-refractivity contribution in [3.63, 3.8) is 0 Å². The summed E-state index contributed by atoms with van der Waals surface area (Å²) in [6, 6.07) is 0. The number of nitrogens with zero attached hydrogens (tertiary/aromatic N) is 3. The average molecular weight is 282 g/mol. The van der Waals surface area contributed by atoms with Crippen LogP contribution in [-0.2, 0) is 26.6 Å². The number of carbonyl (C=O) groups excluding carboxylic acids is 1. The first-order valence-electron chi connectivity index (χ1n) is 4.50. The fourth-order valence-corrected chi connectivity index (χ4v) is 2.54. The number of ether oxygens (including phenoxy) is 1. The molecular formula is C8H12ClN3O4S. The molecule has 0 N–H and O–H groups in total. The zero-order valence-electron chi connectivity index (χ0n) is 9.55. The SMILES string of the molecule is COC(=O)CN(C)S(=O)(=O)c1ncn(C)c1Cl. The van der Waals surface area contributed by atoms with Gasteiger partial charge < -0.3 is 9.30 Å². The zero-order chi connectivity index (χ0) is 13.2. The van der Waals surface area contributed by atoms with Crippen LogP contribution >= 0.6 is 11.6 Å². The van der Waals surface area contributed by atoms with Crippen molar-refractivity contribution in [3.05, 3.63) is 11.5 Å². The van der Waals surface area contributed by atoms with Gasteiger partial charge in [0.2, 0.25) is 5.03 Å². The van der Waals surface area contributed by atoms with Crippen LogP contribution in [0.4, 0.5) is 0 Å². The van der Waals surface area contributed by atoms with Crippen molar-refractivity contribution in [1.82, 2.24) is 13.9 Å². The van der Waals surface area contributed by atoms with E-state index in [2.05, 4.69) is 9.72 Å². The van der Waals surface area contributed by atoms with Gasteiger partial charge in [0.1, 0.15) is 11.7 Å². The van der Waals surface area contributed by atoms with Gasteiger partial charge >= 0.3 is 5.97 Å². The molecule has 7 nitrogen and oxygen atoms in total. The molecule has 9 heteroatoms. The molecule has 1 aromatic heterocycles. The van der Waals surface area contributed by atoms with Crippen molar-refractivity contribution in [2.75, 3.05) is 20.7 Å². The third-order valence-corrected chi connectivity index (χ3v) is 4.36. The van der Waals surface area contributed by atoms with Gasteiger partial charge in [-0.05, 0) is 0 Å². The van der Waals surface area contributed by atoms with Gasteiger partial charge in [-0.2, -0.15) is 4.31 Å². The quantitative estimate of drug-likeness (QED) is 0.718. The Kier molecular flexibility index (Phi) is 4.12. The summed E-state index contributed by atoms with van der Waals surface area (Å²) in [6.07, 6.45) is 1.28. The number of methoxy groups -OCH3 is 1. The number of rotatable bonds is 4. The van der Waals surface area contributed by atoms with Crippen LogP contribution in [-0.4, -0.2) is 48.9 Å². The lowest BCUT2D eigenvalue weighted by atomic mass is 10.7. The largest absolute Gasteiger partial charge is 0.468 e. The van der Waals surface area contributed by atoms with Crippen molar-refractivity contribution in [3.8, 4) is 0 Å². The summed E-state index contributed by atoms with van der Waals surface area (Å²) in [7, 11) is 0.103. The predicted molar refractivity (Wildman–Crippen MR) is 60.0 cm³/mol. The summed E-state index contributed by atoms with van der Waals surface area (Å²) in [5.74, 6) is -0.664. The third-order valence-electron chi connectivity index (χ3n) is 2.07. The molecule has 0 saturated heterocycles. The van der Waals surface area contributed by atoms with Gasteiger partial charge in [0.15, 0.2) is 0 Å². The molecule has 0 fully saturated rings. The number of aromatic nitrogens is 2. The van der Waals surface area contributed by atoms with Gasteiger partial charge in [-0.3, -0.25) is 4.79 Å². The van der Waals surface area contributed by atoms with Crippen molar-refractivity contribution >= 4 is 27.6 Å².